The Balaban J connectivity index is 3.15. The van der Waals surface area contributed by atoms with Gasteiger partial charge in [-0.15, -0.1) is 0 Å². The number of unbranched alkanes of at least 4 members (excludes halogenated alkanes) is 1. The minimum absolute atomic E-state index is 0.477. The Kier molecular flexibility index (Phi) is 5.71. The van der Waals surface area contributed by atoms with Crippen molar-refractivity contribution in [2.45, 2.75) is 53.0 Å². The van der Waals surface area contributed by atoms with E-state index in [0.717, 1.165) is 24.2 Å². The van der Waals surface area contributed by atoms with Crippen LogP contribution in [0.1, 0.15) is 51.2 Å². The smallest absolute Gasteiger partial charge is 0.101 e. The number of rotatable bonds is 6. The molecule has 0 aliphatic heterocycles. The van der Waals surface area contributed by atoms with Gasteiger partial charge in [-0.05, 0) is 38.3 Å². The molecule has 0 bridgehead atoms. The number of nitrogens with zero attached hydrogens (tertiary/aromatic N) is 2. The lowest BCUT2D eigenvalue weighted by Crippen LogP contribution is -2.34. The van der Waals surface area contributed by atoms with Gasteiger partial charge in [-0.1, -0.05) is 32.4 Å². The molecule has 0 aliphatic rings. The second-order valence-corrected chi connectivity index (χ2v) is 4.89. The summed E-state index contributed by atoms with van der Waals surface area (Å²) in [7, 11) is 0. The monoisotopic (exact) mass is 244 g/mol. The maximum Gasteiger partial charge on any atom is 0.101 e. The van der Waals surface area contributed by atoms with Crippen molar-refractivity contribution in [3.8, 4) is 6.07 Å². The predicted molar refractivity (Wildman–Crippen MR) is 77.9 cm³/mol. The summed E-state index contributed by atoms with van der Waals surface area (Å²) in [4.78, 5) is 2.40. The maximum absolute atomic E-state index is 9.30. The van der Waals surface area contributed by atoms with Gasteiger partial charge in [0.15, 0.2) is 0 Å². The van der Waals surface area contributed by atoms with E-state index in [9.17, 15) is 5.26 Å². The van der Waals surface area contributed by atoms with Crippen LogP contribution in [0.3, 0.4) is 0 Å². The largest absolute Gasteiger partial charge is 0.368 e. The molecule has 1 aromatic rings. The van der Waals surface area contributed by atoms with Crippen molar-refractivity contribution in [1.82, 2.24) is 0 Å². The summed E-state index contributed by atoms with van der Waals surface area (Å²) in [5.41, 5.74) is 3.12. The molecule has 18 heavy (non-hydrogen) atoms. The third-order valence-electron chi connectivity index (χ3n) is 3.52. The number of hydrogen-bond donors (Lipinski definition) is 0. The molecule has 0 heterocycles. The van der Waals surface area contributed by atoms with Gasteiger partial charge < -0.3 is 4.90 Å². The Morgan fingerprint density at radius 3 is 2.61 bits per heavy atom. The number of hydrogen-bond acceptors (Lipinski definition) is 2. The van der Waals surface area contributed by atoms with Crippen molar-refractivity contribution >= 4 is 5.69 Å². The van der Waals surface area contributed by atoms with Gasteiger partial charge in [0.1, 0.15) is 6.07 Å². The molecule has 0 saturated heterocycles. The molecule has 98 valence electrons. The first kappa shape index (κ1) is 14.6. The molecule has 0 aromatic heterocycles. The first-order valence-corrected chi connectivity index (χ1v) is 6.92. The summed E-state index contributed by atoms with van der Waals surface area (Å²) in [5, 5.41) is 9.30. The van der Waals surface area contributed by atoms with Crippen molar-refractivity contribution in [2.24, 2.45) is 0 Å². The molecule has 1 atom stereocenters. The SMILES string of the molecule is CCCCN(c1c(C)cccc1C#N)C(C)CC. The predicted octanol–water partition coefficient (Wildman–Crippen LogP) is 4.27. The van der Waals surface area contributed by atoms with Crippen LogP contribution in [-0.2, 0) is 0 Å². The van der Waals surface area contributed by atoms with E-state index >= 15 is 0 Å². The molecule has 0 N–H and O–H groups in total. The summed E-state index contributed by atoms with van der Waals surface area (Å²) < 4.78 is 0. The molecule has 0 aliphatic carbocycles. The van der Waals surface area contributed by atoms with E-state index in [1.165, 1.54) is 18.4 Å². The number of aryl methyl sites for hydroxylation is 1. The standard InChI is InChI=1S/C16H24N2/c1-5-7-11-18(14(4)6-2)16-13(3)9-8-10-15(16)12-17/h8-10,14H,5-7,11H2,1-4H3. The topological polar surface area (TPSA) is 27.0 Å². The third kappa shape index (κ3) is 3.26. The van der Waals surface area contributed by atoms with E-state index in [4.69, 9.17) is 0 Å². The van der Waals surface area contributed by atoms with Gasteiger partial charge in [-0.25, -0.2) is 0 Å². The molecule has 0 fully saturated rings. The highest BCUT2D eigenvalue weighted by Crippen LogP contribution is 2.27. The lowest BCUT2D eigenvalue weighted by Gasteiger charge is -2.32. The number of para-hydroxylation sites is 1. The van der Waals surface area contributed by atoms with Gasteiger partial charge in [0.25, 0.3) is 0 Å². The summed E-state index contributed by atoms with van der Waals surface area (Å²) in [6.45, 7) is 9.78. The summed E-state index contributed by atoms with van der Waals surface area (Å²) in [6, 6.07) is 8.79. The molecule has 2 nitrogen and oxygen atoms in total. The zero-order valence-electron chi connectivity index (χ0n) is 12.0. The van der Waals surface area contributed by atoms with Gasteiger partial charge in [0.2, 0.25) is 0 Å². The second-order valence-electron chi connectivity index (χ2n) is 4.89. The lowest BCUT2D eigenvalue weighted by atomic mass is 10.0. The first-order chi connectivity index (χ1) is 8.65. The minimum atomic E-state index is 0.477. The van der Waals surface area contributed by atoms with Gasteiger partial charge in [0, 0.05) is 12.6 Å². The van der Waals surface area contributed by atoms with E-state index in [2.05, 4.69) is 44.7 Å². The van der Waals surface area contributed by atoms with E-state index in [1.807, 2.05) is 12.1 Å². The summed E-state index contributed by atoms with van der Waals surface area (Å²) in [5.74, 6) is 0. The van der Waals surface area contributed by atoms with Crippen LogP contribution in [-0.4, -0.2) is 12.6 Å². The van der Waals surface area contributed by atoms with Gasteiger partial charge in [0.05, 0.1) is 11.3 Å². The molecular formula is C16H24N2. The average Bonchev–Trinajstić information content (AvgIpc) is 2.39. The van der Waals surface area contributed by atoms with Gasteiger partial charge in [-0.2, -0.15) is 5.26 Å². The zero-order valence-corrected chi connectivity index (χ0v) is 12.0. The molecule has 0 radical (unpaired) electrons. The second kappa shape index (κ2) is 7.06. The molecule has 0 amide bonds. The Hall–Kier alpha value is -1.49. The molecule has 2 heteroatoms. The number of benzene rings is 1. The number of nitriles is 1. The molecule has 1 aromatic carbocycles. The normalized spacial score (nSPS) is 11.9. The number of anilines is 1. The Morgan fingerprint density at radius 1 is 1.33 bits per heavy atom. The highest BCUT2D eigenvalue weighted by Gasteiger charge is 2.17. The van der Waals surface area contributed by atoms with Crippen LogP contribution >= 0.6 is 0 Å². The fourth-order valence-electron chi connectivity index (χ4n) is 2.23. The van der Waals surface area contributed by atoms with Crippen molar-refractivity contribution in [3.63, 3.8) is 0 Å². The van der Waals surface area contributed by atoms with Crippen LogP contribution < -0.4 is 4.90 Å². The van der Waals surface area contributed by atoms with Crippen LogP contribution in [0.15, 0.2) is 18.2 Å². The van der Waals surface area contributed by atoms with E-state index in [1.54, 1.807) is 0 Å². The molecule has 0 spiro atoms. The van der Waals surface area contributed by atoms with Crippen LogP contribution in [0.5, 0.6) is 0 Å². The minimum Gasteiger partial charge on any atom is -0.368 e. The fraction of sp³-hybridized carbons (Fsp3) is 0.562. The summed E-state index contributed by atoms with van der Waals surface area (Å²) >= 11 is 0. The average molecular weight is 244 g/mol. The molecule has 1 unspecified atom stereocenters. The lowest BCUT2D eigenvalue weighted by molar-refractivity contribution is 0.594. The van der Waals surface area contributed by atoms with Crippen LogP contribution in [0.4, 0.5) is 5.69 Å². The fourth-order valence-corrected chi connectivity index (χ4v) is 2.23. The van der Waals surface area contributed by atoms with Gasteiger partial charge in [-0.3, -0.25) is 0 Å². The molecular weight excluding hydrogens is 220 g/mol. The van der Waals surface area contributed by atoms with Crippen molar-refractivity contribution in [1.29, 1.82) is 5.26 Å². The molecule has 0 saturated carbocycles. The van der Waals surface area contributed by atoms with E-state index in [-0.39, 0.29) is 0 Å². The van der Waals surface area contributed by atoms with Crippen LogP contribution in [0.25, 0.3) is 0 Å². The highest BCUT2D eigenvalue weighted by molar-refractivity contribution is 5.64. The van der Waals surface area contributed by atoms with Crippen LogP contribution in [0.2, 0.25) is 0 Å². The van der Waals surface area contributed by atoms with E-state index in [0.29, 0.717) is 6.04 Å². The Morgan fingerprint density at radius 2 is 2.06 bits per heavy atom. The maximum atomic E-state index is 9.30. The van der Waals surface area contributed by atoms with E-state index < -0.39 is 0 Å². The Labute approximate surface area is 111 Å². The van der Waals surface area contributed by atoms with Gasteiger partial charge >= 0.3 is 0 Å². The first-order valence-electron chi connectivity index (χ1n) is 6.92. The molecule has 1 rings (SSSR count). The van der Waals surface area contributed by atoms with Crippen LogP contribution in [0, 0.1) is 18.3 Å². The summed E-state index contributed by atoms with van der Waals surface area (Å²) in [6.07, 6.45) is 3.45. The highest BCUT2D eigenvalue weighted by atomic mass is 15.2. The zero-order chi connectivity index (χ0) is 13.5. The third-order valence-corrected chi connectivity index (χ3v) is 3.52. The van der Waals surface area contributed by atoms with Crippen molar-refractivity contribution < 1.29 is 0 Å². The Bertz CT molecular complexity index is 418. The van der Waals surface area contributed by atoms with Crippen molar-refractivity contribution in [2.75, 3.05) is 11.4 Å². The quantitative estimate of drug-likeness (QED) is 0.747. The van der Waals surface area contributed by atoms with Crippen molar-refractivity contribution in [3.05, 3.63) is 29.3 Å².